The van der Waals surface area contributed by atoms with E-state index in [2.05, 4.69) is 38.8 Å². The Bertz CT molecular complexity index is 473. The van der Waals surface area contributed by atoms with Crippen molar-refractivity contribution in [2.24, 2.45) is 11.8 Å². The molecule has 1 saturated carbocycles. The Balaban J connectivity index is 1.66. The van der Waals surface area contributed by atoms with Gasteiger partial charge in [0.25, 0.3) is 0 Å². The number of ether oxygens (including phenoxy) is 1. The minimum Gasteiger partial charge on any atom is -0.461 e. The highest BCUT2D eigenvalue weighted by atomic mass is 79.9. The Morgan fingerprint density at radius 1 is 1.14 bits per heavy atom. The molecule has 0 saturated heterocycles. The van der Waals surface area contributed by atoms with Gasteiger partial charge in [-0.15, -0.1) is 0 Å². The van der Waals surface area contributed by atoms with Crippen molar-refractivity contribution in [1.29, 1.82) is 0 Å². The van der Waals surface area contributed by atoms with E-state index in [0.29, 0.717) is 24.9 Å². The third-order valence-corrected chi connectivity index (χ3v) is 6.74. The van der Waals surface area contributed by atoms with Crippen LogP contribution in [0.1, 0.15) is 51.0 Å². The molecule has 0 radical (unpaired) electrons. The lowest BCUT2D eigenvalue weighted by Crippen LogP contribution is -2.05. The first-order valence-corrected chi connectivity index (χ1v) is 9.71. The lowest BCUT2D eigenvalue weighted by atomic mass is 10.1. The second-order valence-corrected chi connectivity index (χ2v) is 9.76. The zero-order valence-electron chi connectivity index (χ0n) is 13.1. The van der Waals surface area contributed by atoms with Gasteiger partial charge in [0.1, 0.15) is 6.61 Å². The molecule has 22 heavy (non-hydrogen) atoms. The van der Waals surface area contributed by atoms with Gasteiger partial charge in [0.15, 0.2) is 0 Å². The maximum atomic E-state index is 11.9. The molecule has 0 aromatic heterocycles. The van der Waals surface area contributed by atoms with Crippen LogP contribution in [0.4, 0.5) is 0 Å². The molecule has 2 rings (SSSR count). The summed E-state index contributed by atoms with van der Waals surface area (Å²) in [5.74, 6) is 1.08. The van der Waals surface area contributed by atoms with Crippen LogP contribution in [0.3, 0.4) is 0 Å². The van der Waals surface area contributed by atoms with E-state index in [1.807, 2.05) is 30.3 Å². The molecule has 0 N–H and O–H groups in total. The van der Waals surface area contributed by atoms with Crippen molar-refractivity contribution in [3.63, 3.8) is 0 Å². The zero-order valence-corrected chi connectivity index (χ0v) is 16.2. The van der Waals surface area contributed by atoms with Crippen LogP contribution < -0.4 is 0 Å². The van der Waals surface area contributed by atoms with Gasteiger partial charge in [-0.1, -0.05) is 88.4 Å². The van der Waals surface area contributed by atoms with Crippen LogP contribution in [0, 0.1) is 11.8 Å². The number of carbonyl (C=O) groups excluding carboxylic acids is 1. The van der Waals surface area contributed by atoms with Crippen molar-refractivity contribution >= 4 is 37.8 Å². The number of rotatable bonds is 9. The molecule has 1 fully saturated rings. The zero-order chi connectivity index (χ0) is 16.0. The number of hydrogen-bond acceptors (Lipinski definition) is 2. The third-order valence-electron chi connectivity index (χ3n) is 4.39. The molecule has 4 heteroatoms. The summed E-state index contributed by atoms with van der Waals surface area (Å²) in [6.07, 6.45) is 6.43. The highest BCUT2D eigenvalue weighted by Crippen LogP contribution is 2.65. The number of benzene rings is 1. The van der Waals surface area contributed by atoms with Crippen molar-refractivity contribution in [1.82, 2.24) is 0 Å². The summed E-state index contributed by atoms with van der Waals surface area (Å²) in [5, 5.41) is 0. The first kappa shape index (κ1) is 18.0. The van der Waals surface area contributed by atoms with E-state index >= 15 is 0 Å². The van der Waals surface area contributed by atoms with E-state index in [-0.39, 0.29) is 9.20 Å². The molecule has 1 aliphatic carbocycles. The molecule has 0 heterocycles. The third kappa shape index (κ3) is 5.09. The molecular weight excluding hydrogens is 408 g/mol. The van der Waals surface area contributed by atoms with Crippen molar-refractivity contribution < 1.29 is 9.53 Å². The number of carbonyl (C=O) groups is 1. The summed E-state index contributed by atoms with van der Waals surface area (Å²) in [5.41, 5.74) is 1.04. The Hall–Kier alpha value is -0.350. The summed E-state index contributed by atoms with van der Waals surface area (Å²) >= 11 is 7.52. The van der Waals surface area contributed by atoms with E-state index in [4.69, 9.17) is 4.74 Å². The van der Waals surface area contributed by atoms with Crippen molar-refractivity contribution in [3.05, 3.63) is 35.9 Å². The average Bonchev–Trinajstić information content (AvgIpc) is 3.04. The molecule has 0 bridgehead atoms. The van der Waals surface area contributed by atoms with Crippen LogP contribution in [-0.4, -0.2) is 9.20 Å². The standard InChI is InChI=1S/C18H24Br2O2/c1-2-3-5-10-15-16(18(15,19)20)11-12-17(21)22-13-14-8-6-4-7-9-14/h4,6-9,15-16H,2-3,5,10-13H2,1H3. The molecule has 0 spiro atoms. The maximum absolute atomic E-state index is 11.9. The van der Waals surface area contributed by atoms with Gasteiger partial charge >= 0.3 is 5.97 Å². The van der Waals surface area contributed by atoms with Crippen LogP contribution in [0.25, 0.3) is 0 Å². The first-order valence-electron chi connectivity index (χ1n) is 8.13. The fraction of sp³-hybridized carbons (Fsp3) is 0.611. The second kappa shape index (κ2) is 8.49. The fourth-order valence-corrected chi connectivity index (χ4v) is 4.87. The van der Waals surface area contributed by atoms with E-state index in [0.717, 1.165) is 12.0 Å². The molecule has 1 aromatic carbocycles. The molecule has 122 valence electrons. The quantitative estimate of drug-likeness (QED) is 0.279. The number of esters is 1. The summed E-state index contributed by atoms with van der Waals surface area (Å²) < 4.78 is 5.39. The van der Waals surface area contributed by atoms with Gasteiger partial charge < -0.3 is 4.74 Å². The lowest BCUT2D eigenvalue weighted by molar-refractivity contribution is -0.145. The predicted octanol–water partition coefficient (Wildman–Crippen LogP) is 5.82. The smallest absolute Gasteiger partial charge is 0.306 e. The summed E-state index contributed by atoms with van der Waals surface area (Å²) in [7, 11) is 0. The summed E-state index contributed by atoms with van der Waals surface area (Å²) in [4.78, 5) is 11.9. The SMILES string of the molecule is CCCCCC1C(CCC(=O)OCc2ccccc2)C1(Br)Br. The highest BCUT2D eigenvalue weighted by molar-refractivity contribution is 9.25. The molecule has 2 nitrogen and oxygen atoms in total. The summed E-state index contributed by atoms with van der Waals surface area (Å²) in [6.45, 7) is 2.60. The Labute approximate surface area is 150 Å². The highest BCUT2D eigenvalue weighted by Gasteiger charge is 2.60. The molecule has 2 atom stereocenters. The monoisotopic (exact) mass is 430 g/mol. The van der Waals surface area contributed by atoms with Crippen LogP contribution >= 0.6 is 31.9 Å². The largest absolute Gasteiger partial charge is 0.461 e. The molecule has 0 aliphatic heterocycles. The van der Waals surface area contributed by atoms with Gasteiger partial charge in [0.05, 0.1) is 3.23 Å². The first-order chi connectivity index (χ1) is 10.6. The molecule has 1 aromatic rings. The van der Waals surface area contributed by atoms with Gasteiger partial charge in [-0.05, 0) is 30.2 Å². The lowest BCUT2D eigenvalue weighted by Gasteiger charge is -2.05. The van der Waals surface area contributed by atoms with Gasteiger partial charge in [-0.3, -0.25) is 4.79 Å². The van der Waals surface area contributed by atoms with Crippen molar-refractivity contribution in [3.8, 4) is 0 Å². The molecule has 2 unspecified atom stereocenters. The molecule has 1 aliphatic rings. The van der Waals surface area contributed by atoms with Crippen molar-refractivity contribution in [2.75, 3.05) is 0 Å². The fourth-order valence-electron chi connectivity index (χ4n) is 2.95. The maximum Gasteiger partial charge on any atom is 0.306 e. The van der Waals surface area contributed by atoms with Crippen LogP contribution in [0.15, 0.2) is 30.3 Å². The van der Waals surface area contributed by atoms with E-state index < -0.39 is 0 Å². The summed E-state index contributed by atoms with van der Waals surface area (Å²) in [6, 6.07) is 9.82. The van der Waals surface area contributed by atoms with Crippen LogP contribution in [0.5, 0.6) is 0 Å². The molecule has 0 amide bonds. The van der Waals surface area contributed by atoms with E-state index in [1.165, 1.54) is 25.7 Å². The molecular formula is C18H24Br2O2. The van der Waals surface area contributed by atoms with Crippen molar-refractivity contribution in [2.45, 2.75) is 55.3 Å². The van der Waals surface area contributed by atoms with E-state index in [1.54, 1.807) is 0 Å². The second-order valence-electron chi connectivity index (χ2n) is 6.07. The normalized spacial score (nSPS) is 22.3. The Kier molecular flexibility index (Phi) is 6.94. The van der Waals surface area contributed by atoms with E-state index in [9.17, 15) is 4.79 Å². The average molecular weight is 432 g/mol. The van der Waals surface area contributed by atoms with Gasteiger partial charge in [0.2, 0.25) is 0 Å². The number of alkyl halides is 2. The van der Waals surface area contributed by atoms with Gasteiger partial charge in [0, 0.05) is 6.42 Å². The predicted molar refractivity (Wildman–Crippen MR) is 97.2 cm³/mol. The van der Waals surface area contributed by atoms with Gasteiger partial charge in [-0.25, -0.2) is 0 Å². The van der Waals surface area contributed by atoms with Crippen LogP contribution in [-0.2, 0) is 16.1 Å². The number of hydrogen-bond donors (Lipinski definition) is 0. The number of unbranched alkanes of at least 4 members (excludes halogenated alkanes) is 2. The van der Waals surface area contributed by atoms with Crippen LogP contribution in [0.2, 0.25) is 0 Å². The topological polar surface area (TPSA) is 26.3 Å². The van der Waals surface area contributed by atoms with Gasteiger partial charge in [-0.2, -0.15) is 0 Å². The minimum atomic E-state index is -0.0983. The minimum absolute atomic E-state index is 0.0491. The Morgan fingerprint density at radius 2 is 1.82 bits per heavy atom. The Morgan fingerprint density at radius 3 is 2.50 bits per heavy atom. The number of halogens is 2.